The van der Waals surface area contributed by atoms with Crippen LogP contribution in [-0.2, 0) is 0 Å². The van der Waals surface area contributed by atoms with Gasteiger partial charge in [0.25, 0.3) is 6.01 Å². The van der Waals surface area contributed by atoms with Crippen molar-refractivity contribution in [3.63, 3.8) is 0 Å². The van der Waals surface area contributed by atoms with Crippen molar-refractivity contribution in [2.24, 2.45) is 0 Å². The van der Waals surface area contributed by atoms with E-state index in [2.05, 4.69) is 4.98 Å². The second-order valence-electron chi connectivity index (χ2n) is 6.64. The Morgan fingerprint density at radius 2 is 1.88 bits per heavy atom. The molecule has 0 radical (unpaired) electrons. The van der Waals surface area contributed by atoms with Crippen molar-refractivity contribution < 1.29 is 19.1 Å². The fourth-order valence-corrected chi connectivity index (χ4v) is 3.36. The minimum Gasteiger partial charge on any atom is -0.478 e. The Hall–Kier alpha value is -2.77. The largest absolute Gasteiger partial charge is 0.478 e. The first-order valence-corrected chi connectivity index (χ1v) is 8.17. The van der Waals surface area contributed by atoms with Gasteiger partial charge in [0.2, 0.25) is 0 Å². The van der Waals surface area contributed by atoms with Crippen LogP contribution in [0.1, 0.15) is 24.2 Å². The number of carbonyl (C=O) groups is 2. The third-order valence-corrected chi connectivity index (χ3v) is 4.43. The molecule has 1 N–H and O–H groups in total. The number of carboxylic acids is 1. The molecule has 2 unspecified atom stereocenters. The number of hydrogen-bond donors (Lipinski definition) is 1. The molecule has 2 aromatic rings. The van der Waals surface area contributed by atoms with Gasteiger partial charge in [0.05, 0.1) is 5.56 Å². The normalized spacial score (nSPS) is 20.8. The number of rotatable bonds is 2. The lowest BCUT2D eigenvalue weighted by atomic mass is 10.1. The number of hydrogen-bond acceptors (Lipinski definition) is 5. The number of aromatic nitrogens is 1. The van der Waals surface area contributed by atoms with Crippen molar-refractivity contribution in [2.75, 3.05) is 32.1 Å². The van der Waals surface area contributed by atoms with E-state index in [4.69, 9.17) is 4.42 Å². The van der Waals surface area contributed by atoms with Gasteiger partial charge in [-0.1, -0.05) is 6.07 Å². The monoisotopic (exact) mass is 346 g/mol. The van der Waals surface area contributed by atoms with Crippen molar-refractivity contribution in [1.82, 2.24) is 14.8 Å². The zero-order chi connectivity index (χ0) is 18.3. The van der Waals surface area contributed by atoms with Gasteiger partial charge < -0.3 is 24.2 Å². The van der Waals surface area contributed by atoms with Crippen LogP contribution in [0.4, 0.5) is 10.8 Å². The van der Waals surface area contributed by atoms with Gasteiger partial charge in [0.15, 0.2) is 5.58 Å². The van der Waals surface area contributed by atoms with Crippen molar-refractivity contribution in [1.29, 1.82) is 0 Å². The number of carbonyl (C=O) groups excluding carboxylic acids is 1. The third-order valence-electron chi connectivity index (χ3n) is 4.43. The average molecular weight is 346 g/mol. The first-order valence-electron chi connectivity index (χ1n) is 8.17. The number of aromatic carboxylic acids is 1. The summed E-state index contributed by atoms with van der Waals surface area (Å²) in [5.74, 6) is -1.03. The molecule has 25 heavy (non-hydrogen) atoms. The molecule has 0 spiro atoms. The van der Waals surface area contributed by atoms with E-state index in [1.54, 1.807) is 36.0 Å². The molecule has 0 bridgehead atoms. The van der Waals surface area contributed by atoms with Crippen LogP contribution >= 0.6 is 0 Å². The van der Waals surface area contributed by atoms with E-state index in [1.807, 2.05) is 18.7 Å². The van der Waals surface area contributed by atoms with Gasteiger partial charge in [0.1, 0.15) is 5.52 Å². The summed E-state index contributed by atoms with van der Waals surface area (Å²) in [6.07, 6.45) is 0. The summed E-state index contributed by atoms with van der Waals surface area (Å²) in [5.41, 5.74) is 0.909. The van der Waals surface area contributed by atoms with Gasteiger partial charge in [-0.25, -0.2) is 9.59 Å². The van der Waals surface area contributed by atoms with Crippen LogP contribution in [0.5, 0.6) is 0 Å². The van der Waals surface area contributed by atoms with Crippen LogP contribution in [0.2, 0.25) is 0 Å². The second kappa shape index (κ2) is 6.27. The summed E-state index contributed by atoms with van der Waals surface area (Å²) >= 11 is 0. The lowest BCUT2D eigenvalue weighted by molar-refractivity contribution is 0.0698. The molecule has 134 valence electrons. The zero-order valence-electron chi connectivity index (χ0n) is 14.8. The number of amides is 2. The molecule has 3 rings (SSSR count). The maximum absolute atomic E-state index is 12.2. The summed E-state index contributed by atoms with van der Waals surface area (Å²) in [5, 5.41) is 9.31. The Morgan fingerprint density at radius 1 is 1.24 bits per heavy atom. The molecule has 1 aliphatic heterocycles. The standard InChI is InChI=1S/C17H22N4O4/c1-10-8-20(17(24)19(3)4)9-11(2)21(10)16-18-14-12(15(22)23)6-5-7-13(14)25-16/h5-7,10-11H,8-9H2,1-4H3,(H,22,23). The van der Waals surface area contributed by atoms with E-state index in [0.29, 0.717) is 30.2 Å². The highest BCUT2D eigenvalue weighted by Gasteiger charge is 2.35. The van der Waals surface area contributed by atoms with Crippen LogP contribution in [-0.4, -0.2) is 71.2 Å². The Kier molecular flexibility index (Phi) is 4.28. The predicted molar refractivity (Wildman–Crippen MR) is 93.0 cm³/mol. The maximum Gasteiger partial charge on any atom is 0.338 e. The van der Waals surface area contributed by atoms with Crippen LogP contribution in [0.3, 0.4) is 0 Å². The summed E-state index contributed by atoms with van der Waals surface area (Å²) < 4.78 is 5.82. The number of piperazine rings is 1. The maximum atomic E-state index is 12.2. The number of para-hydroxylation sites is 1. The molecule has 8 heteroatoms. The quantitative estimate of drug-likeness (QED) is 0.896. The summed E-state index contributed by atoms with van der Waals surface area (Å²) in [4.78, 5) is 33.4. The predicted octanol–water partition coefficient (Wildman–Crippen LogP) is 2.11. The molecule has 0 saturated carbocycles. The van der Waals surface area contributed by atoms with Crippen molar-refractivity contribution in [3.05, 3.63) is 23.8 Å². The summed E-state index contributed by atoms with van der Waals surface area (Å²) in [7, 11) is 3.47. The van der Waals surface area contributed by atoms with Crippen molar-refractivity contribution in [3.8, 4) is 0 Å². The molecule has 2 heterocycles. The number of carboxylic acid groups (broad SMARTS) is 1. The van der Waals surface area contributed by atoms with Crippen molar-refractivity contribution in [2.45, 2.75) is 25.9 Å². The fraction of sp³-hybridized carbons (Fsp3) is 0.471. The Labute approximate surface area is 145 Å². The van der Waals surface area contributed by atoms with E-state index in [0.717, 1.165) is 0 Å². The average Bonchev–Trinajstić information content (AvgIpc) is 2.96. The highest BCUT2D eigenvalue weighted by atomic mass is 16.4. The number of fused-ring (bicyclic) bond motifs is 1. The molecule has 2 atom stereocenters. The smallest absolute Gasteiger partial charge is 0.338 e. The highest BCUT2D eigenvalue weighted by Crippen LogP contribution is 2.29. The van der Waals surface area contributed by atoms with Crippen LogP contribution in [0.25, 0.3) is 11.1 Å². The first-order chi connectivity index (χ1) is 11.8. The molecule has 1 aromatic carbocycles. The third kappa shape index (κ3) is 2.99. The molecule has 1 fully saturated rings. The lowest BCUT2D eigenvalue weighted by Crippen LogP contribution is -2.59. The zero-order valence-corrected chi connectivity index (χ0v) is 14.8. The van der Waals surface area contributed by atoms with Crippen molar-refractivity contribution >= 4 is 29.1 Å². The number of oxazole rings is 1. The fourth-order valence-electron chi connectivity index (χ4n) is 3.36. The summed E-state index contributed by atoms with van der Waals surface area (Å²) in [6, 6.07) is 5.21. The van der Waals surface area contributed by atoms with Gasteiger partial charge in [-0.2, -0.15) is 4.98 Å². The molecule has 0 aliphatic carbocycles. The lowest BCUT2D eigenvalue weighted by Gasteiger charge is -2.44. The number of nitrogens with zero attached hydrogens (tertiary/aromatic N) is 4. The van der Waals surface area contributed by atoms with E-state index in [-0.39, 0.29) is 23.7 Å². The Bertz CT molecular complexity index is 804. The molecule has 2 amide bonds. The minimum absolute atomic E-state index is 0.00556. The van der Waals surface area contributed by atoms with Crippen LogP contribution in [0.15, 0.2) is 22.6 Å². The van der Waals surface area contributed by atoms with Gasteiger partial charge in [-0.15, -0.1) is 0 Å². The molecular weight excluding hydrogens is 324 g/mol. The second-order valence-corrected chi connectivity index (χ2v) is 6.64. The number of anilines is 1. The number of benzene rings is 1. The van der Waals surface area contributed by atoms with E-state index >= 15 is 0 Å². The topological polar surface area (TPSA) is 90.1 Å². The van der Waals surface area contributed by atoms with Gasteiger partial charge >= 0.3 is 12.0 Å². The Balaban J connectivity index is 1.92. The molecule has 8 nitrogen and oxygen atoms in total. The number of urea groups is 1. The minimum atomic E-state index is -1.03. The molecule has 1 saturated heterocycles. The summed E-state index contributed by atoms with van der Waals surface area (Å²) in [6.45, 7) is 5.09. The van der Waals surface area contributed by atoms with E-state index in [1.165, 1.54) is 6.07 Å². The van der Waals surface area contributed by atoms with Gasteiger partial charge in [0, 0.05) is 39.3 Å². The first kappa shape index (κ1) is 17.1. The van der Waals surface area contributed by atoms with E-state index < -0.39 is 5.97 Å². The van der Waals surface area contributed by atoms with E-state index in [9.17, 15) is 14.7 Å². The van der Waals surface area contributed by atoms with Gasteiger partial charge in [-0.3, -0.25) is 0 Å². The Morgan fingerprint density at radius 3 is 2.44 bits per heavy atom. The molecular formula is C17H22N4O4. The van der Waals surface area contributed by atoms with Crippen LogP contribution < -0.4 is 4.90 Å². The molecule has 1 aromatic heterocycles. The SMILES string of the molecule is CC1CN(C(=O)N(C)C)CC(C)N1c1nc2c(C(=O)O)cccc2o1. The van der Waals surface area contributed by atoms with Crippen LogP contribution in [0, 0.1) is 0 Å². The highest BCUT2D eigenvalue weighted by molar-refractivity contribution is 6.00. The molecule has 1 aliphatic rings. The van der Waals surface area contributed by atoms with Gasteiger partial charge in [-0.05, 0) is 26.0 Å².